The molecule has 3 aromatic carbocycles. The molecule has 1 aliphatic heterocycles. The van der Waals surface area contributed by atoms with Gasteiger partial charge in [0.25, 0.3) is 5.91 Å². The van der Waals surface area contributed by atoms with Gasteiger partial charge in [0.15, 0.2) is 0 Å². The first-order valence-corrected chi connectivity index (χ1v) is 9.58. The van der Waals surface area contributed by atoms with Gasteiger partial charge in [-0.2, -0.15) is 0 Å². The Morgan fingerprint density at radius 1 is 0.786 bits per heavy atom. The van der Waals surface area contributed by atoms with Gasteiger partial charge in [0, 0.05) is 42.2 Å². The van der Waals surface area contributed by atoms with Crippen LogP contribution in [0.4, 0.5) is 10.5 Å². The summed E-state index contributed by atoms with van der Waals surface area (Å²) in [5.74, 6) is -0.0363. The fourth-order valence-corrected chi connectivity index (χ4v) is 3.54. The molecule has 3 amide bonds. The summed E-state index contributed by atoms with van der Waals surface area (Å²) in [6.07, 6.45) is 0. The topological polar surface area (TPSA) is 52.7 Å². The minimum atomic E-state index is -0.144. The van der Waals surface area contributed by atoms with Gasteiger partial charge in [0.2, 0.25) is 0 Å². The van der Waals surface area contributed by atoms with E-state index in [1.807, 2.05) is 42.5 Å². The van der Waals surface area contributed by atoms with Gasteiger partial charge in [-0.25, -0.2) is 4.79 Å². The van der Waals surface area contributed by atoms with Crippen molar-refractivity contribution in [2.24, 2.45) is 0 Å². The maximum absolute atomic E-state index is 12.7. The molecule has 4 rings (SSSR count). The molecule has 1 N–H and O–H groups in total. The number of hydrogen-bond acceptors (Lipinski definition) is 2. The molecule has 1 aliphatic rings. The summed E-state index contributed by atoms with van der Waals surface area (Å²) in [6.45, 7) is 2.00. The second-order valence-corrected chi connectivity index (χ2v) is 7.18. The van der Waals surface area contributed by atoms with Crippen molar-refractivity contribution in [3.05, 3.63) is 77.3 Å². The Balaban J connectivity index is 1.38. The van der Waals surface area contributed by atoms with E-state index >= 15 is 0 Å². The maximum Gasteiger partial charge on any atom is 0.321 e. The fraction of sp³-hybridized carbons (Fsp3) is 0.182. The van der Waals surface area contributed by atoms with Crippen LogP contribution in [-0.4, -0.2) is 47.9 Å². The normalized spacial score (nSPS) is 14.2. The highest BCUT2D eigenvalue weighted by Crippen LogP contribution is 2.23. The van der Waals surface area contributed by atoms with E-state index in [1.54, 1.807) is 34.1 Å². The monoisotopic (exact) mass is 393 g/mol. The first-order valence-electron chi connectivity index (χ1n) is 9.20. The lowest BCUT2D eigenvalue weighted by atomic mass is 10.1. The molecule has 0 unspecified atom stereocenters. The summed E-state index contributed by atoms with van der Waals surface area (Å²) in [7, 11) is 0. The molecule has 0 aliphatic carbocycles. The standard InChI is InChI=1S/C22H20ClN3O2/c23-18-10-8-17(9-11-18)21(27)25-12-14-26(15-13-25)22(28)24-20-7-3-5-16-4-1-2-6-19(16)20/h1-11H,12-15H2,(H,24,28). The van der Waals surface area contributed by atoms with Crippen molar-refractivity contribution in [2.45, 2.75) is 0 Å². The molecule has 0 aromatic heterocycles. The third kappa shape index (κ3) is 3.80. The van der Waals surface area contributed by atoms with Crippen molar-refractivity contribution < 1.29 is 9.59 Å². The number of nitrogens with one attached hydrogen (secondary N) is 1. The largest absolute Gasteiger partial charge is 0.335 e. The number of piperazine rings is 1. The minimum Gasteiger partial charge on any atom is -0.335 e. The number of fused-ring (bicyclic) bond motifs is 1. The second kappa shape index (κ2) is 7.90. The molecule has 0 radical (unpaired) electrons. The molecule has 0 atom stereocenters. The number of hydrogen-bond donors (Lipinski definition) is 1. The Kier molecular flexibility index (Phi) is 5.17. The Bertz CT molecular complexity index is 1010. The smallest absolute Gasteiger partial charge is 0.321 e. The number of carbonyl (C=O) groups excluding carboxylic acids is 2. The Morgan fingerprint density at radius 2 is 1.43 bits per heavy atom. The van der Waals surface area contributed by atoms with E-state index in [0.29, 0.717) is 36.8 Å². The van der Waals surface area contributed by atoms with E-state index in [1.165, 1.54) is 0 Å². The molecule has 6 heteroatoms. The van der Waals surface area contributed by atoms with E-state index < -0.39 is 0 Å². The Labute approximate surface area is 168 Å². The summed E-state index contributed by atoms with van der Waals surface area (Å²) in [5.41, 5.74) is 1.40. The molecule has 0 saturated carbocycles. The first kappa shape index (κ1) is 18.3. The van der Waals surface area contributed by atoms with Crippen molar-refractivity contribution in [1.29, 1.82) is 0 Å². The van der Waals surface area contributed by atoms with Gasteiger partial charge in [0.1, 0.15) is 0 Å². The average Bonchev–Trinajstić information content (AvgIpc) is 2.74. The zero-order valence-electron chi connectivity index (χ0n) is 15.3. The van der Waals surface area contributed by atoms with E-state index in [-0.39, 0.29) is 11.9 Å². The summed E-state index contributed by atoms with van der Waals surface area (Å²) in [4.78, 5) is 28.8. The van der Waals surface area contributed by atoms with E-state index in [4.69, 9.17) is 11.6 Å². The van der Waals surface area contributed by atoms with Gasteiger partial charge in [0.05, 0.1) is 5.69 Å². The molecular formula is C22H20ClN3O2. The van der Waals surface area contributed by atoms with Crippen molar-refractivity contribution in [3.8, 4) is 0 Å². The number of rotatable bonds is 2. The van der Waals surface area contributed by atoms with Gasteiger partial charge in [-0.1, -0.05) is 48.0 Å². The minimum absolute atomic E-state index is 0.0363. The van der Waals surface area contributed by atoms with Crippen LogP contribution >= 0.6 is 11.6 Å². The second-order valence-electron chi connectivity index (χ2n) is 6.74. The van der Waals surface area contributed by atoms with Crippen LogP contribution in [0.25, 0.3) is 10.8 Å². The number of nitrogens with zero attached hydrogens (tertiary/aromatic N) is 2. The number of halogens is 1. The SMILES string of the molecule is O=C(Nc1cccc2ccccc12)N1CCN(C(=O)c2ccc(Cl)cc2)CC1. The van der Waals surface area contributed by atoms with Gasteiger partial charge >= 0.3 is 6.03 Å². The lowest BCUT2D eigenvalue weighted by Gasteiger charge is -2.34. The van der Waals surface area contributed by atoms with Crippen LogP contribution in [0.2, 0.25) is 5.02 Å². The summed E-state index contributed by atoms with van der Waals surface area (Å²) < 4.78 is 0. The van der Waals surface area contributed by atoms with Gasteiger partial charge < -0.3 is 15.1 Å². The highest BCUT2D eigenvalue weighted by molar-refractivity contribution is 6.30. The van der Waals surface area contributed by atoms with Crippen LogP contribution in [-0.2, 0) is 0 Å². The van der Waals surface area contributed by atoms with Gasteiger partial charge in [-0.3, -0.25) is 4.79 Å². The molecule has 142 valence electrons. The molecule has 0 bridgehead atoms. The quantitative estimate of drug-likeness (QED) is 0.697. The lowest BCUT2D eigenvalue weighted by molar-refractivity contribution is 0.0671. The maximum atomic E-state index is 12.7. The Morgan fingerprint density at radius 3 is 2.18 bits per heavy atom. The summed E-state index contributed by atoms with van der Waals surface area (Å²) in [6, 6.07) is 20.5. The van der Waals surface area contributed by atoms with E-state index in [0.717, 1.165) is 16.5 Å². The van der Waals surface area contributed by atoms with Gasteiger partial charge in [-0.05, 0) is 35.7 Å². The van der Waals surface area contributed by atoms with Crippen LogP contribution in [0.5, 0.6) is 0 Å². The highest BCUT2D eigenvalue weighted by atomic mass is 35.5. The average molecular weight is 394 g/mol. The molecule has 0 spiro atoms. The number of benzene rings is 3. The number of carbonyl (C=O) groups is 2. The lowest BCUT2D eigenvalue weighted by Crippen LogP contribution is -2.51. The third-order valence-electron chi connectivity index (χ3n) is 4.98. The molecule has 1 fully saturated rings. The molecule has 1 saturated heterocycles. The number of amides is 3. The number of urea groups is 1. The van der Waals surface area contributed by atoms with E-state index in [2.05, 4.69) is 5.32 Å². The van der Waals surface area contributed by atoms with E-state index in [9.17, 15) is 9.59 Å². The van der Waals surface area contributed by atoms with Crippen molar-refractivity contribution >= 4 is 40.0 Å². The zero-order chi connectivity index (χ0) is 19.5. The molecule has 3 aromatic rings. The van der Waals surface area contributed by atoms with Crippen LogP contribution in [0, 0.1) is 0 Å². The zero-order valence-corrected chi connectivity index (χ0v) is 16.0. The third-order valence-corrected chi connectivity index (χ3v) is 5.23. The van der Waals surface area contributed by atoms with Gasteiger partial charge in [-0.15, -0.1) is 0 Å². The van der Waals surface area contributed by atoms with Crippen LogP contribution in [0.1, 0.15) is 10.4 Å². The van der Waals surface area contributed by atoms with Crippen molar-refractivity contribution in [1.82, 2.24) is 9.80 Å². The summed E-state index contributed by atoms with van der Waals surface area (Å²) in [5, 5.41) is 5.70. The fourth-order valence-electron chi connectivity index (χ4n) is 3.42. The molecule has 5 nitrogen and oxygen atoms in total. The Hall–Kier alpha value is -3.05. The molecule has 28 heavy (non-hydrogen) atoms. The predicted molar refractivity (Wildman–Crippen MR) is 112 cm³/mol. The van der Waals surface area contributed by atoms with Crippen LogP contribution in [0.3, 0.4) is 0 Å². The van der Waals surface area contributed by atoms with Crippen LogP contribution in [0.15, 0.2) is 66.7 Å². The van der Waals surface area contributed by atoms with Crippen molar-refractivity contribution in [3.63, 3.8) is 0 Å². The highest BCUT2D eigenvalue weighted by Gasteiger charge is 2.25. The first-order chi connectivity index (χ1) is 13.6. The van der Waals surface area contributed by atoms with Crippen molar-refractivity contribution in [2.75, 3.05) is 31.5 Å². The molecule has 1 heterocycles. The molecular weight excluding hydrogens is 374 g/mol. The predicted octanol–water partition coefficient (Wildman–Crippen LogP) is 4.48. The summed E-state index contributed by atoms with van der Waals surface area (Å²) >= 11 is 5.88. The number of anilines is 1. The van der Waals surface area contributed by atoms with Crippen LogP contribution < -0.4 is 5.32 Å².